The molecule has 9 nitrogen and oxygen atoms in total. The van der Waals surface area contributed by atoms with Gasteiger partial charge in [-0.15, -0.1) is 0 Å². The number of thiazole rings is 1. The van der Waals surface area contributed by atoms with Crippen molar-refractivity contribution in [3.8, 4) is 5.75 Å². The van der Waals surface area contributed by atoms with Crippen LogP contribution in [0.4, 0.5) is 16.5 Å². The molecule has 0 spiro atoms. The summed E-state index contributed by atoms with van der Waals surface area (Å²) in [5.74, 6) is 0.375. The number of amides is 1. The van der Waals surface area contributed by atoms with Crippen molar-refractivity contribution >= 4 is 44.0 Å². The van der Waals surface area contributed by atoms with Gasteiger partial charge in [-0.1, -0.05) is 17.4 Å². The molecule has 5 rings (SSSR count). The summed E-state index contributed by atoms with van der Waals surface area (Å²) in [5.41, 5.74) is 2.32. The fraction of sp³-hybridized carbons (Fsp3) is 0.296. The number of carbonyl (C=O) groups is 1. The zero-order valence-electron chi connectivity index (χ0n) is 20.5. The first-order chi connectivity index (χ1) is 18.0. The number of hydrogen-bond acceptors (Lipinski definition) is 8. The van der Waals surface area contributed by atoms with Gasteiger partial charge in [0.1, 0.15) is 11.4 Å². The molecule has 4 aromatic rings. The first-order valence-electron chi connectivity index (χ1n) is 12.3. The topological polar surface area (TPSA) is 102 Å². The Labute approximate surface area is 218 Å². The Morgan fingerprint density at radius 1 is 1.16 bits per heavy atom. The highest BCUT2D eigenvalue weighted by atomic mass is 32.1. The number of benzene rings is 2. The van der Waals surface area contributed by atoms with Gasteiger partial charge in [0.25, 0.3) is 11.6 Å². The molecule has 1 fully saturated rings. The number of aromatic nitrogens is 2. The quantitative estimate of drug-likeness (QED) is 0.214. The molecule has 0 radical (unpaired) electrons. The summed E-state index contributed by atoms with van der Waals surface area (Å²) in [6.45, 7) is 4.25. The Morgan fingerprint density at radius 3 is 2.73 bits per heavy atom. The van der Waals surface area contributed by atoms with E-state index < -0.39 is 4.92 Å². The van der Waals surface area contributed by atoms with E-state index in [1.54, 1.807) is 29.4 Å². The van der Waals surface area contributed by atoms with E-state index in [0.717, 1.165) is 53.9 Å². The fourth-order valence-electron chi connectivity index (χ4n) is 4.53. The van der Waals surface area contributed by atoms with Crippen LogP contribution in [0.5, 0.6) is 5.75 Å². The molecule has 1 saturated heterocycles. The molecular weight excluding hydrogens is 490 g/mol. The van der Waals surface area contributed by atoms with E-state index >= 15 is 0 Å². The van der Waals surface area contributed by atoms with Gasteiger partial charge in [0.2, 0.25) is 0 Å². The predicted molar refractivity (Wildman–Crippen MR) is 145 cm³/mol. The second-order valence-electron chi connectivity index (χ2n) is 8.82. The summed E-state index contributed by atoms with van der Waals surface area (Å²) in [7, 11) is 0. The number of anilines is 2. The molecule has 2 aromatic heterocycles. The van der Waals surface area contributed by atoms with E-state index in [2.05, 4.69) is 4.98 Å². The van der Waals surface area contributed by atoms with Gasteiger partial charge in [-0.05, 0) is 68.1 Å². The molecule has 37 heavy (non-hydrogen) atoms. The largest absolute Gasteiger partial charge is 0.494 e. The third kappa shape index (κ3) is 5.39. The average Bonchev–Trinajstić information content (AvgIpc) is 3.35. The van der Waals surface area contributed by atoms with Crippen molar-refractivity contribution < 1.29 is 14.5 Å². The zero-order valence-corrected chi connectivity index (χ0v) is 21.3. The van der Waals surface area contributed by atoms with Crippen LogP contribution in [0.2, 0.25) is 0 Å². The lowest BCUT2D eigenvalue weighted by atomic mass is 10.1. The summed E-state index contributed by atoms with van der Waals surface area (Å²) >= 11 is 1.38. The molecule has 10 heteroatoms. The number of piperidine rings is 1. The van der Waals surface area contributed by atoms with Crippen LogP contribution in [0.3, 0.4) is 0 Å². The predicted octanol–water partition coefficient (Wildman–Crippen LogP) is 5.84. The number of pyridine rings is 1. The molecule has 190 valence electrons. The summed E-state index contributed by atoms with van der Waals surface area (Å²) in [6.07, 6.45) is 6.49. The van der Waals surface area contributed by atoms with Gasteiger partial charge in [-0.3, -0.25) is 24.8 Å². The Bertz CT molecular complexity index is 1420. The number of rotatable bonds is 8. The summed E-state index contributed by atoms with van der Waals surface area (Å²) in [4.78, 5) is 37.9. The van der Waals surface area contributed by atoms with E-state index in [1.165, 1.54) is 17.4 Å². The average molecular weight is 518 g/mol. The van der Waals surface area contributed by atoms with Crippen LogP contribution in [0.1, 0.15) is 42.1 Å². The third-order valence-electron chi connectivity index (χ3n) is 6.31. The van der Waals surface area contributed by atoms with Crippen molar-refractivity contribution in [2.75, 3.05) is 29.5 Å². The van der Waals surface area contributed by atoms with Gasteiger partial charge in [-0.25, -0.2) is 4.98 Å². The molecule has 3 heterocycles. The van der Waals surface area contributed by atoms with Crippen molar-refractivity contribution in [2.45, 2.75) is 32.7 Å². The smallest absolute Gasteiger partial charge is 0.293 e. The molecule has 1 aliphatic heterocycles. The van der Waals surface area contributed by atoms with Crippen molar-refractivity contribution in [3.05, 3.63) is 82.2 Å². The molecule has 0 aliphatic carbocycles. The lowest BCUT2D eigenvalue weighted by molar-refractivity contribution is -0.384. The second-order valence-corrected chi connectivity index (χ2v) is 9.83. The standard InChI is InChI=1S/C27H27N5O4S/c1-2-36-21-9-10-22-25(16-21)37-27(29-22)31(18-19-7-6-12-28-17-19)26(33)20-8-11-23(24(15-20)32(34)35)30-13-4-3-5-14-30/h6-12,15-17H,2-5,13-14,18H2,1H3. The normalized spacial score (nSPS) is 13.5. The highest BCUT2D eigenvalue weighted by Gasteiger charge is 2.27. The van der Waals surface area contributed by atoms with E-state index in [0.29, 0.717) is 17.4 Å². The van der Waals surface area contributed by atoms with Gasteiger partial charge >= 0.3 is 0 Å². The zero-order chi connectivity index (χ0) is 25.8. The van der Waals surface area contributed by atoms with Crippen LogP contribution in [-0.4, -0.2) is 40.5 Å². The molecule has 0 saturated carbocycles. The highest BCUT2D eigenvalue weighted by Crippen LogP contribution is 2.35. The molecule has 1 aliphatic rings. The van der Waals surface area contributed by atoms with E-state index in [4.69, 9.17) is 9.72 Å². The SMILES string of the molecule is CCOc1ccc2nc(N(Cc3cccnc3)C(=O)c3ccc(N4CCCCC4)c([N+](=O)[O-])c3)sc2c1. The fourth-order valence-corrected chi connectivity index (χ4v) is 5.52. The molecule has 0 N–H and O–H groups in total. The van der Waals surface area contributed by atoms with Crippen LogP contribution in [-0.2, 0) is 6.54 Å². The maximum absolute atomic E-state index is 13.9. The van der Waals surface area contributed by atoms with Crippen molar-refractivity contribution in [1.29, 1.82) is 0 Å². The first-order valence-corrected chi connectivity index (χ1v) is 13.1. The Balaban J connectivity index is 1.53. The lowest BCUT2D eigenvalue weighted by Crippen LogP contribution is -2.31. The minimum Gasteiger partial charge on any atom is -0.494 e. The molecule has 1 amide bonds. The Kier molecular flexibility index (Phi) is 7.27. The maximum Gasteiger partial charge on any atom is 0.293 e. The van der Waals surface area contributed by atoms with Gasteiger partial charge < -0.3 is 9.64 Å². The van der Waals surface area contributed by atoms with Crippen LogP contribution < -0.4 is 14.5 Å². The van der Waals surface area contributed by atoms with Crippen molar-refractivity contribution in [1.82, 2.24) is 9.97 Å². The van der Waals surface area contributed by atoms with Gasteiger partial charge in [0.05, 0.1) is 28.3 Å². The molecule has 0 bridgehead atoms. The Morgan fingerprint density at radius 2 is 2.00 bits per heavy atom. The van der Waals surface area contributed by atoms with Crippen LogP contribution in [0.15, 0.2) is 60.9 Å². The minimum atomic E-state index is -0.404. The number of hydrogen-bond donors (Lipinski definition) is 0. The number of nitrogens with zero attached hydrogens (tertiary/aromatic N) is 5. The lowest BCUT2D eigenvalue weighted by Gasteiger charge is -2.28. The molecule has 0 unspecified atom stereocenters. The summed E-state index contributed by atoms with van der Waals surface area (Å²) in [6, 6.07) is 14.1. The Hall–Kier alpha value is -4.05. The monoisotopic (exact) mass is 517 g/mol. The first kappa shape index (κ1) is 24.6. The number of ether oxygens (including phenoxy) is 1. The van der Waals surface area contributed by atoms with Crippen molar-refractivity contribution in [2.24, 2.45) is 0 Å². The molecule has 0 atom stereocenters. The number of nitro benzene ring substituents is 1. The number of nitro groups is 1. The molecule has 2 aromatic carbocycles. The van der Waals surface area contributed by atoms with Crippen LogP contribution in [0, 0.1) is 10.1 Å². The van der Waals surface area contributed by atoms with E-state index in [1.807, 2.05) is 42.2 Å². The highest BCUT2D eigenvalue weighted by molar-refractivity contribution is 7.22. The van der Waals surface area contributed by atoms with Gasteiger partial charge in [-0.2, -0.15) is 0 Å². The third-order valence-corrected chi connectivity index (χ3v) is 7.36. The second kappa shape index (κ2) is 10.9. The minimum absolute atomic E-state index is 0.0558. The maximum atomic E-state index is 13.9. The van der Waals surface area contributed by atoms with Gasteiger partial charge in [0, 0.05) is 37.1 Å². The van der Waals surface area contributed by atoms with Crippen LogP contribution >= 0.6 is 11.3 Å². The van der Waals surface area contributed by atoms with Gasteiger partial charge in [0.15, 0.2) is 5.13 Å². The van der Waals surface area contributed by atoms with E-state index in [-0.39, 0.29) is 23.7 Å². The summed E-state index contributed by atoms with van der Waals surface area (Å²) < 4.78 is 6.50. The molecular formula is C27H27N5O4S. The number of fused-ring (bicyclic) bond motifs is 1. The van der Waals surface area contributed by atoms with Crippen molar-refractivity contribution in [3.63, 3.8) is 0 Å². The number of carbonyl (C=O) groups excluding carboxylic acids is 1. The summed E-state index contributed by atoms with van der Waals surface area (Å²) in [5, 5.41) is 12.5. The van der Waals surface area contributed by atoms with Crippen LogP contribution in [0.25, 0.3) is 10.2 Å². The van der Waals surface area contributed by atoms with E-state index in [9.17, 15) is 14.9 Å².